The molecule has 0 spiro atoms. The van der Waals surface area contributed by atoms with E-state index < -0.39 is 0 Å². The number of carbonyl (C=O) groups excluding carboxylic acids is 1. The zero-order valence-corrected chi connectivity index (χ0v) is 11.6. The van der Waals surface area contributed by atoms with Crippen molar-refractivity contribution in [3.05, 3.63) is 30.2 Å². The Morgan fingerprint density at radius 3 is 3.21 bits per heavy atom. The van der Waals surface area contributed by atoms with Gasteiger partial charge in [-0.1, -0.05) is 6.92 Å². The van der Waals surface area contributed by atoms with Crippen molar-refractivity contribution in [2.45, 2.75) is 18.6 Å². The van der Waals surface area contributed by atoms with Crippen molar-refractivity contribution in [1.29, 1.82) is 0 Å². The zero-order chi connectivity index (χ0) is 13.2. The highest BCUT2D eigenvalue weighted by Crippen LogP contribution is 2.20. The third-order valence-corrected chi connectivity index (χ3v) is 4.60. The molecule has 3 heterocycles. The molecule has 0 bridgehead atoms. The molecular formula is C13H16N4OS. The lowest BCUT2D eigenvalue weighted by Crippen LogP contribution is -2.33. The molecule has 100 valence electrons. The van der Waals surface area contributed by atoms with E-state index in [4.69, 9.17) is 0 Å². The van der Waals surface area contributed by atoms with E-state index in [1.807, 2.05) is 28.8 Å². The van der Waals surface area contributed by atoms with Crippen LogP contribution in [-0.2, 0) is 0 Å². The summed E-state index contributed by atoms with van der Waals surface area (Å²) in [5, 5.41) is 4.70. The minimum Gasteiger partial charge on any atom is -0.338 e. The van der Waals surface area contributed by atoms with Gasteiger partial charge in [0.25, 0.3) is 5.91 Å². The lowest BCUT2D eigenvalue weighted by molar-refractivity contribution is 0.0766. The molecule has 0 radical (unpaired) electrons. The van der Waals surface area contributed by atoms with Gasteiger partial charge in [-0.2, -0.15) is 16.9 Å². The third kappa shape index (κ3) is 2.58. The van der Waals surface area contributed by atoms with E-state index in [9.17, 15) is 4.79 Å². The van der Waals surface area contributed by atoms with Gasteiger partial charge in [0.05, 0.1) is 5.56 Å². The van der Waals surface area contributed by atoms with Crippen LogP contribution in [0.25, 0.3) is 5.65 Å². The van der Waals surface area contributed by atoms with Crippen molar-refractivity contribution in [3.8, 4) is 0 Å². The van der Waals surface area contributed by atoms with Crippen LogP contribution in [0, 0.1) is 0 Å². The molecule has 1 aliphatic heterocycles. The molecule has 1 fully saturated rings. The van der Waals surface area contributed by atoms with Gasteiger partial charge in [-0.05, 0) is 18.6 Å². The number of aromatic nitrogens is 3. The van der Waals surface area contributed by atoms with Crippen LogP contribution in [0.3, 0.4) is 0 Å². The first-order valence-corrected chi connectivity index (χ1v) is 7.49. The monoisotopic (exact) mass is 276 g/mol. The molecule has 1 atom stereocenters. The van der Waals surface area contributed by atoms with Gasteiger partial charge in [0.15, 0.2) is 5.65 Å². The fraction of sp³-hybridized carbons (Fsp3) is 0.462. The number of fused-ring (bicyclic) bond motifs is 1. The summed E-state index contributed by atoms with van der Waals surface area (Å²) in [7, 11) is 0. The van der Waals surface area contributed by atoms with E-state index in [1.54, 1.807) is 10.7 Å². The predicted octanol–water partition coefficient (Wildman–Crippen LogP) is 1.70. The van der Waals surface area contributed by atoms with E-state index in [2.05, 4.69) is 17.0 Å². The first-order valence-electron chi connectivity index (χ1n) is 6.44. The molecule has 5 nitrogen and oxygen atoms in total. The average molecular weight is 276 g/mol. The van der Waals surface area contributed by atoms with Gasteiger partial charge in [-0.25, -0.2) is 9.50 Å². The molecule has 1 unspecified atom stereocenters. The zero-order valence-electron chi connectivity index (χ0n) is 10.8. The standard InChI is InChI=1S/C13H16N4OS/c1-10-4-5-16(6-7-19-10)13(18)11-2-3-12-14-9-15-17(12)8-11/h2-3,8-10H,4-7H2,1H3. The molecule has 1 amide bonds. The maximum absolute atomic E-state index is 12.5. The fourth-order valence-electron chi connectivity index (χ4n) is 2.23. The molecule has 1 aliphatic rings. The summed E-state index contributed by atoms with van der Waals surface area (Å²) < 4.78 is 1.64. The molecule has 19 heavy (non-hydrogen) atoms. The van der Waals surface area contributed by atoms with Crippen molar-refractivity contribution in [1.82, 2.24) is 19.5 Å². The Morgan fingerprint density at radius 2 is 2.32 bits per heavy atom. The molecule has 2 aromatic heterocycles. The maximum Gasteiger partial charge on any atom is 0.255 e. The molecular weight excluding hydrogens is 260 g/mol. The van der Waals surface area contributed by atoms with Crippen LogP contribution in [0.15, 0.2) is 24.7 Å². The van der Waals surface area contributed by atoms with Crippen molar-refractivity contribution >= 4 is 23.3 Å². The summed E-state index contributed by atoms with van der Waals surface area (Å²) >= 11 is 1.94. The first-order chi connectivity index (χ1) is 9.24. The Labute approximate surface area is 116 Å². The molecule has 1 saturated heterocycles. The van der Waals surface area contributed by atoms with Crippen molar-refractivity contribution in [3.63, 3.8) is 0 Å². The maximum atomic E-state index is 12.5. The summed E-state index contributed by atoms with van der Waals surface area (Å²) in [6.45, 7) is 3.88. The number of nitrogens with zero attached hydrogens (tertiary/aromatic N) is 4. The molecule has 0 aliphatic carbocycles. The highest BCUT2D eigenvalue weighted by atomic mass is 32.2. The molecule has 2 aromatic rings. The van der Waals surface area contributed by atoms with Crippen LogP contribution in [0.5, 0.6) is 0 Å². The Morgan fingerprint density at radius 1 is 1.42 bits per heavy atom. The fourth-order valence-corrected chi connectivity index (χ4v) is 3.23. The smallest absolute Gasteiger partial charge is 0.255 e. The van der Waals surface area contributed by atoms with E-state index in [0.717, 1.165) is 30.9 Å². The molecule has 0 N–H and O–H groups in total. The van der Waals surface area contributed by atoms with Gasteiger partial charge in [0.2, 0.25) is 0 Å². The quantitative estimate of drug-likeness (QED) is 0.795. The van der Waals surface area contributed by atoms with Crippen molar-refractivity contribution in [2.24, 2.45) is 0 Å². The van der Waals surface area contributed by atoms with Crippen LogP contribution in [0.1, 0.15) is 23.7 Å². The number of rotatable bonds is 1. The van der Waals surface area contributed by atoms with Crippen molar-refractivity contribution < 1.29 is 4.79 Å². The summed E-state index contributed by atoms with van der Waals surface area (Å²) in [6.07, 6.45) is 4.31. The number of thioether (sulfide) groups is 1. The largest absolute Gasteiger partial charge is 0.338 e. The Kier molecular flexibility index (Phi) is 3.42. The number of carbonyl (C=O) groups is 1. The van der Waals surface area contributed by atoms with Gasteiger partial charge >= 0.3 is 0 Å². The van der Waals surface area contributed by atoms with E-state index in [1.165, 1.54) is 6.33 Å². The number of hydrogen-bond acceptors (Lipinski definition) is 4. The second-order valence-corrected chi connectivity index (χ2v) is 6.29. The van der Waals surface area contributed by atoms with Crippen LogP contribution in [0.2, 0.25) is 0 Å². The average Bonchev–Trinajstić information content (AvgIpc) is 2.78. The minimum absolute atomic E-state index is 0.0899. The summed E-state index contributed by atoms with van der Waals surface area (Å²) in [6, 6.07) is 3.66. The lowest BCUT2D eigenvalue weighted by atomic mass is 10.2. The summed E-state index contributed by atoms with van der Waals surface area (Å²) in [5.74, 6) is 1.10. The second kappa shape index (κ2) is 5.21. The SMILES string of the molecule is CC1CCN(C(=O)c2ccc3ncnn3c2)CCS1. The predicted molar refractivity (Wildman–Crippen MR) is 75.4 cm³/mol. The Hall–Kier alpha value is -1.56. The Bertz CT molecular complexity index is 597. The second-order valence-electron chi connectivity index (χ2n) is 4.74. The van der Waals surface area contributed by atoms with Gasteiger partial charge in [-0.3, -0.25) is 4.79 Å². The molecule has 6 heteroatoms. The number of amides is 1. The third-order valence-electron chi connectivity index (χ3n) is 3.38. The van der Waals surface area contributed by atoms with E-state index in [0.29, 0.717) is 10.8 Å². The normalized spacial score (nSPS) is 20.5. The number of pyridine rings is 1. The van der Waals surface area contributed by atoms with Crippen LogP contribution in [0.4, 0.5) is 0 Å². The highest BCUT2D eigenvalue weighted by molar-refractivity contribution is 7.99. The summed E-state index contributed by atoms with van der Waals surface area (Å²) in [5.41, 5.74) is 1.44. The van der Waals surface area contributed by atoms with Gasteiger partial charge < -0.3 is 4.90 Å². The van der Waals surface area contributed by atoms with E-state index in [-0.39, 0.29) is 5.91 Å². The number of hydrogen-bond donors (Lipinski definition) is 0. The minimum atomic E-state index is 0.0899. The highest BCUT2D eigenvalue weighted by Gasteiger charge is 2.20. The first kappa shape index (κ1) is 12.5. The van der Waals surface area contributed by atoms with Crippen LogP contribution in [-0.4, -0.2) is 49.5 Å². The van der Waals surface area contributed by atoms with Gasteiger partial charge in [-0.15, -0.1) is 0 Å². The van der Waals surface area contributed by atoms with Crippen LogP contribution < -0.4 is 0 Å². The van der Waals surface area contributed by atoms with Gasteiger partial charge in [0.1, 0.15) is 6.33 Å². The summed E-state index contributed by atoms with van der Waals surface area (Å²) in [4.78, 5) is 18.5. The van der Waals surface area contributed by atoms with Crippen LogP contribution >= 0.6 is 11.8 Å². The topological polar surface area (TPSA) is 50.5 Å². The molecule has 3 rings (SSSR count). The van der Waals surface area contributed by atoms with Crippen molar-refractivity contribution in [2.75, 3.05) is 18.8 Å². The van der Waals surface area contributed by atoms with E-state index >= 15 is 0 Å². The molecule has 0 saturated carbocycles. The molecule has 0 aromatic carbocycles. The lowest BCUT2D eigenvalue weighted by Gasteiger charge is -2.20. The van der Waals surface area contributed by atoms with Gasteiger partial charge in [0, 0.05) is 30.3 Å². The Balaban J connectivity index is 1.82.